The Hall–Kier alpha value is -1.32. The molecule has 1 N–H and O–H groups in total. The van der Waals surface area contributed by atoms with E-state index in [1.165, 1.54) is 0 Å². The minimum Gasteiger partial charge on any atom is -0.355 e. The van der Waals surface area contributed by atoms with Crippen LogP contribution in [0.3, 0.4) is 0 Å². The SMILES string of the molecule is O=C(Cc1ccc(Br)cc1)NCCc1cccc(Cl)c1. The minimum absolute atomic E-state index is 0.0364. The van der Waals surface area contributed by atoms with Crippen molar-refractivity contribution in [1.29, 1.82) is 0 Å². The Balaban J connectivity index is 1.76. The number of rotatable bonds is 5. The Morgan fingerprint density at radius 3 is 2.55 bits per heavy atom. The zero-order valence-corrected chi connectivity index (χ0v) is 13.2. The van der Waals surface area contributed by atoms with Gasteiger partial charge >= 0.3 is 0 Å². The van der Waals surface area contributed by atoms with Crippen molar-refractivity contribution in [1.82, 2.24) is 5.32 Å². The summed E-state index contributed by atoms with van der Waals surface area (Å²) in [5, 5.41) is 3.65. The van der Waals surface area contributed by atoms with E-state index in [2.05, 4.69) is 21.2 Å². The van der Waals surface area contributed by atoms with Gasteiger partial charge < -0.3 is 5.32 Å². The van der Waals surface area contributed by atoms with Gasteiger partial charge in [0.1, 0.15) is 0 Å². The molecule has 2 aromatic carbocycles. The highest BCUT2D eigenvalue weighted by atomic mass is 79.9. The van der Waals surface area contributed by atoms with E-state index in [-0.39, 0.29) is 5.91 Å². The quantitative estimate of drug-likeness (QED) is 0.865. The number of halogens is 2. The highest BCUT2D eigenvalue weighted by molar-refractivity contribution is 9.10. The second kappa shape index (κ2) is 7.46. The van der Waals surface area contributed by atoms with Crippen molar-refractivity contribution in [2.75, 3.05) is 6.54 Å². The van der Waals surface area contributed by atoms with Crippen molar-refractivity contribution in [3.8, 4) is 0 Å². The second-order valence-electron chi connectivity index (χ2n) is 4.53. The van der Waals surface area contributed by atoms with E-state index in [4.69, 9.17) is 11.6 Å². The molecule has 0 bridgehead atoms. The summed E-state index contributed by atoms with van der Waals surface area (Å²) in [6.45, 7) is 0.621. The van der Waals surface area contributed by atoms with Gasteiger partial charge in [-0.3, -0.25) is 4.79 Å². The zero-order chi connectivity index (χ0) is 14.4. The summed E-state index contributed by atoms with van der Waals surface area (Å²) in [5.41, 5.74) is 2.13. The van der Waals surface area contributed by atoms with Crippen molar-refractivity contribution < 1.29 is 4.79 Å². The molecule has 0 saturated heterocycles. The standard InChI is InChI=1S/C16H15BrClNO/c17-14-6-4-13(5-7-14)11-16(20)19-9-8-12-2-1-3-15(18)10-12/h1-7,10H,8-9,11H2,(H,19,20). The molecule has 0 aromatic heterocycles. The van der Waals surface area contributed by atoms with E-state index < -0.39 is 0 Å². The lowest BCUT2D eigenvalue weighted by Gasteiger charge is -2.06. The predicted octanol–water partition coefficient (Wildman–Crippen LogP) is 4.00. The molecule has 0 aliphatic carbocycles. The number of carbonyl (C=O) groups is 1. The molecule has 104 valence electrons. The molecule has 0 aliphatic heterocycles. The number of hydrogen-bond donors (Lipinski definition) is 1. The first-order valence-corrected chi connectivity index (χ1v) is 7.56. The molecular weight excluding hydrogens is 338 g/mol. The summed E-state index contributed by atoms with van der Waals surface area (Å²) in [6.07, 6.45) is 1.19. The van der Waals surface area contributed by atoms with Gasteiger partial charge in [-0.2, -0.15) is 0 Å². The molecule has 0 radical (unpaired) electrons. The Labute approximate surface area is 132 Å². The van der Waals surface area contributed by atoms with E-state index in [1.807, 2.05) is 48.5 Å². The van der Waals surface area contributed by atoms with Crippen LogP contribution in [0.25, 0.3) is 0 Å². The molecule has 20 heavy (non-hydrogen) atoms. The van der Waals surface area contributed by atoms with E-state index in [0.717, 1.165) is 27.0 Å². The van der Waals surface area contributed by atoms with Crippen LogP contribution in [0.5, 0.6) is 0 Å². The van der Waals surface area contributed by atoms with Gasteiger partial charge in [0, 0.05) is 16.0 Å². The predicted molar refractivity (Wildman–Crippen MR) is 86.0 cm³/mol. The van der Waals surface area contributed by atoms with Gasteiger partial charge in [0.15, 0.2) is 0 Å². The number of hydrogen-bond acceptors (Lipinski definition) is 1. The molecule has 0 unspecified atom stereocenters. The molecule has 2 nitrogen and oxygen atoms in total. The van der Waals surface area contributed by atoms with Crippen molar-refractivity contribution in [2.24, 2.45) is 0 Å². The normalized spacial score (nSPS) is 10.3. The highest BCUT2D eigenvalue weighted by Crippen LogP contribution is 2.11. The molecule has 1 amide bonds. The lowest BCUT2D eigenvalue weighted by atomic mass is 10.1. The van der Waals surface area contributed by atoms with Crippen molar-refractivity contribution in [2.45, 2.75) is 12.8 Å². The lowest BCUT2D eigenvalue weighted by Crippen LogP contribution is -2.27. The van der Waals surface area contributed by atoms with Gasteiger partial charge in [-0.25, -0.2) is 0 Å². The van der Waals surface area contributed by atoms with Crippen LogP contribution in [0.4, 0.5) is 0 Å². The Bertz CT molecular complexity index is 583. The van der Waals surface area contributed by atoms with Gasteiger partial charge in [-0.05, 0) is 41.8 Å². The molecule has 4 heteroatoms. The summed E-state index contributed by atoms with van der Waals surface area (Å²) < 4.78 is 1.02. The lowest BCUT2D eigenvalue weighted by molar-refractivity contribution is -0.120. The van der Waals surface area contributed by atoms with Crippen LogP contribution in [0.15, 0.2) is 53.0 Å². The number of amides is 1. The minimum atomic E-state index is 0.0364. The smallest absolute Gasteiger partial charge is 0.224 e. The zero-order valence-electron chi connectivity index (χ0n) is 10.9. The Morgan fingerprint density at radius 1 is 1.10 bits per heavy atom. The van der Waals surface area contributed by atoms with Crippen LogP contribution < -0.4 is 5.32 Å². The maximum atomic E-state index is 11.8. The van der Waals surface area contributed by atoms with Crippen LogP contribution in [0, 0.1) is 0 Å². The van der Waals surface area contributed by atoms with Crippen LogP contribution >= 0.6 is 27.5 Å². The van der Waals surface area contributed by atoms with Crippen molar-refractivity contribution in [3.05, 3.63) is 69.2 Å². The highest BCUT2D eigenvalue weighted by Gasteiger charge is 2.03. The Kier molecular flexibility index (Phi) is 5.62. The first-order valence-electron chi connectivity index (χ1n) is 6.39. The van der Waals surface area contributed by atoms with Crippen molar-refractivity contribution >= 4 is 33.4 Å². The number of carbonyl (C=O) groups excluding carboxylic acids is 1. The fraction of sp³-hybridized carbons (Fsp3) is 0.188. The van der Waals surface area contributed by atoms with Crippen LogP contribution in [-0.2, 0) is 17.6 Å². The van der Waals surface area contributed by atoms with Gasteiger partial charge in [-0.15, -0.1) is 0 Å². The maximum Gasteiger partial charge on any atom is 0.224 e. The average Bonchev–Trinajstić information content (AvgIpc) is 2.41. The topological polar surface area (TPSA) is 29.1 Å². The van der Waals surface area contributed by atoms with E-state index in [9.17, 15) is 4.79 Å². The first kappa shape index (κ1) is 15.1. The molecule has 2 rings (SSSR count). The average molecular weight is 353 g/mol. The van der Waals surface area contributed by atoms with Gasteiger partial charge in [0.05, 0.1) is 6.42 Å². The van der Waals surface area contributed by atoms with Crippen LogP contribution in [0.1, 0.15) is 11.1 Å². The molecule has 2 aromatic rings. The summed E-state index contributed by atoms with van der Waals surface area (Å²) in [7, 11) is 0. The second-order valence-corrected chi connectivity index (χ2v) is 5.89. The summed E-state index contributed by atoms with van der Waals surface area (Å²) in [5.74, 6) is 0.0364. The molecule has 0 fully saturated rings. The maximum absolute atomic E-state index is 11.8. The molecular formula is C16H15BrClNO. The molecule has 0 atom stereocenters. The summed E-state index contributed by atoms with van der Waals surface area (Å²) in [4.78, 5) is 11.8. The monoisotopic (exact) mass is 351 g/mol. The van der Waals surface area contributed by atoms with E-state index >= 15 is 0 Å². The number of benzene rings is 2. The molecule has 0 aliphatic rings. The van der Waals surface area contributed by atoms with Crippen LogP contribution in [-0.4, -0.2) is 12.5 Å². The van der Waals surface area contributed by atoms with Crippen molar-refractivity contribution in [3.63, 3.8) is 0 Å². The van der Waals surface area contributed by atoms with Gasteiger partial charge in [-0.1, -0.05) is 51.8 Å². The van der Waals surface area contributed by atoms with Gasteiger partial charge in [0.2, 0.25) is 5.91 Å². The summed E-state index contributed by atoms with van der Waals surface area (Å²) >= 11 is 9.29. The summed E-state index contributed by atoms with van der Waals surface area (Å²) in [6, 6.07) is 15.5. The largest absolute Gasteiger partial charge is 0.355 e. The third-order valence-corrected chi connectivity index (χ3v) is 3.67. The fourth-order valence-electron chi connectivity index (χ4n) is 1.89. The Morgan fingerprint density at radius 2 is 1.85 bits per heavy atom. The molecule has 0 spiro atoms. The van der Waals surface area contributed by atoms with E-state index in [1.54, 1.807) is 0 Å². The van der Waals surface area contributed by atoms with Gasteiger partial charge in [0.25, 0.3) is 0 Å². The van der Waals surface area contributed by atoms with E-state index in [0.29, 0.717) is 13.0 Å². The fourth-order valence-corrected chi connectivity index (χ4v) is 2.37. The third-order valence-electron chi connectivity index (χ3n) is 2.90. The van der Waals surface area contributed by atoms with Crippen LogP contribution in [0.2, 0.25) is 5.02 Å². The molecule has 0 heterocycles. The number of nitrogens with one attached hydrogen (secondary N) is 1. The third kappa shape index (κ3) is 4.99. The molecule has 0 saturated carbocycles. The first-order chi connectivity index (χ1) is 9.63.